The van der Waals surface area contributed by atoms with Crippen LogP contribution in [-0.4, -0.2) is 56.7 Å². The molecule has 0 atom stereocenters. The second-order valence-electron chi connectivity index (χ2n) is 7.15. The van der Waals surface area contributed by atoms with Crippen LogP contribution in [-0.2, 0) is 16.1 Å². The summed E-state index contributed by atoms with van der Waals surface area (Å²) >= 11 is 0. The van der Waals surface area contributed by atoms with Crippen molar-refractivity contribution in [1.82, 2.24) is 10.2 Å². The van der Waals surface area contributed by atoms with Crippen LogP contribution in [0.5, 0.6) is 11.5 Å². The van der Waals surface area contributed by atoms with Gasteiger partial charge in [0.1, 0.15) is 11.5 Å². The van der Waals surface area contributed by atoms with Crippen LogP contribution in [0.3, 0.4) is 0 Å². The quantitative estimate of drug-likeness (QED) is 0.672. The number of amides is 1. The van der Waals surface area contributed by atoms with E-state index < -0.39 is 5.97 Å². The lowest BCUT2D eigenvalue weighted by Crippen LogP contribution is -2.45. The molecular weight excluding hydrogens is 384 g/mol. The Balaban J connectivity index is 1.74. The maximum Gasteiger partial charge on any atom is 0.343 e. The van der Waals surface area contributed by atoms with Crippen molar-refractivity contribution in [3.05, 3.63) is 59.7 Å². The molecule has 0 bridgehead atoms. The Morgan fingerprint density at radius 1 is 0.967 bits per heavy atom. The zero-order valence-corrected chi connectivity index (χ0v) is 17.4. The van der Waals surface area contributed by atoms with Crippen molar-refractivity contribution >= 4 is 11.9 Å². The smallest absolute Gasteiger partial charge is 0.343 e. The van der Waals surface area contributed by atoms with Crippen molar-refractivity contribution in [2.24, 2.45) is 0 Å². The lowest BCUT2D eigenvalue weighted by atomic mass is 10.0. The third-order valence-electron chi connectivity index (χ3n) is 5.21. The van der Waals surface area contributed by atoms with E-state index in [1.807, 2.05) is 29.2 Å². The Hall–Kier alpha value is -3.06. The lowest BCUT2D eigenvalue weighted by Gasteiger charge is -2.35. The minimum absolute atomic E-state index is 0.0164. The summed E-state index contributed by atoms with van der Waals surface area (Å²) in [6.07, 6.45) is 1.84. The van der Waals surface area contributed by atoms with Crippen LogP contribution < -0.4 is 14.8 Å². The summed E-state index contributed by atoms with van der Waals surface area (Å²) in [6.45, 7) is 2.17. The highest BCUT2D eigenvalue weighted by molar-refractivity contribution is 5.94. The van der Waals surface area contributed by atoms with Gasteiger partial charge >= 0.3 is 5.97 Å². The standard InChI is InChI=1S/C23H28N2O5/c1-28-20-7-3-17(4-8-20)15-25(19-11-13-24-14-12-19)23(27)18-5-9-21(10-6-18)30-16-22(26)29-2/h3-10,19,24H,11-16H2,1-2H3. The summed E-state index contributed by atoms with van der Waals surface area (Å²) in [4.78, 5) is 26.5. The summed E-state index contributed by atoms with van der Waals surface area (Å²) < 4.78 is 15.2. The Labute approximate surface area is 176 Å². The maximum atomic E-state index is 13.4. The molecule has 2 aromatic carbocycles. The molecule has 1 aliphatic rings. The molecule has 3 rings (SSSR count). The summed E-state index contributed by atoms with van der Waals surface area (Å²) in [5, 5.41) is 3.35. The Morgan fingerprint density at radius 2 is 1.60 bits per heavy atom. The van der Waals surface area contributed by atoms with E-state index in [1.165, 1.54) is 7.11 Å². The lowest BCUT2D eigenvalue weighted by molar-refractivity contribution is -0.142. The average molecular weight is 412 g/mol. The van der Waals surface area contributed by atoms with E-state index in [0.717, 1.165) is 37.2 Å². The average Bonchev–Trinajstić information content (AvgIpc) is 2.81. The van der Waals surface area contributed by atoms with E-state index in [2.05, 4.69) is 10.1 Å². The number of rotatable bonds is 8. The monoisotopic (exact) mass is 412 g/mol. The molecule has 1 N–H and O–H groups in total. The predicted octanol–water partition coefficient (Wildman–Crippen LogP) is 2.64. The molecule has 160 valence electrons. The molecule has 0 saturated carbocycles. The van der Waals surface area contributed by atoms with Crippen LogP contribution in [0.4, 0.5) is 0 Å². The van der Waals surface area contributed by atoms with Crippen molar-refractivity contribution < 1.29 is 23.8 Å². The first-order valence-electron chi connectivity index (χ1n) is 10.0. The summed E-state index contributed by atoms with van der Waals surface area (Å²) in [6, 6.07) is 14.8. The van der Waals surface area contributed by atoms with Gasteiger partial charge in [-0.2, -0.15) is 0 Å². The molecule has 1 fully saturated rings. The summed E-state index contributed by atoms with van der Waals surface area (Å²) in [7, 11) is 2.95. The van der Waals surface area contributed by atoms with E-state index in [-0.39, 0.29) is 18.6 Å². The molecular formula is C23H28N2O5. The topological polar surface area (TPSA) is 77.1 Å². The SMILES string of the molecule is COC(=O)COc1ccc(C(=O)N(Cc2ccc(OC)cc2)C2CCNCC2)cc1. The van der Waals surface area contributed by atoms with E-state index in [4.69, 9.17) is 9.47 Å². The first-order valence-corrected chi connectivity index (χ1v) is 10.0. The van der Waals surface area contributed by atoms with Gasteiger partial charge in [0.15, 0.2) is 6.61 Å². The normalized spacial score (nSPS) is 14.1. The third-order valence-corrected chi connectivity index (χ3v) is 5.21. The number of hydrogen-bond donors (Lipinski definition) is 1. The number of benzene rings is 2. The highest BCUT2D eigenvalue weighted by atomic mass is 16.6. The van der Waals surface area contributed by atoms with Gasteiger partial charge in [-0.05, 0) is 67.9 Å². The van der Waals surface area contributed by atoms with Crippen LogP contribution in [0.25, 0.3) is 0 Å². The number of carbonyl (C=O) groups excluding carboxylic acids is 2. The summed E-state index contributed by atoms with van der Waals surface area (Å²) in [5.41, 5.74) is 1.65. The van der Waals surface area contributed by atoms with Crippen LogP contribution in [0, 0.1) is 0 Å². The number of piperidine rings is 1. The molecule has 0 radical (unpaired) electrons. The van der Waals surface area contributed by atoms with Crippen LogP contribution >= 0.6 is 0 Å². The van der Waals surface area contributed by atoms with Gasteiger partial charge in [-0.3, -0.25) is 4.79 Å². The van der Waals surface area contributed by atoms with Crippen molar-refractivity contribution in [3.8, 4) is 11.5 Å². The van der Waals surface area contributed by atoms with Crippen molar-refractivity contribution in [2.45, 2.75) is 25.4 Å². The fourth-order valence-electron chi connectivity index (χ4n) is 3.47. The molecule has 30 heavy (non-hydrogen) atoms. The van der Waals surface area contributed by atoms with Crippen molar-refractivity contribution in [2.75, 3.05) is 33.9 Å². The minimum atomic E-state index is -0.452. The number of ether oxygens (including phenoxy) is 3. The summed E-state index contributed by atoms with van der Waals surface area (Å²) in [5.74, 6) is 0.838. The van der Waals surface area contributed by atoms with Crippen LogP contribution in [0.15, 0.2) is 48.5 Å². The molecule has 1 heterocycles. The van der Waals surface area contributed by atoms with Gasteiger partial charge in [0.05, 0.1) is 14.2 Å². The highest BCUT2D eigenvalue weighted by Gasteiger charge is 2.26. The first kappa shape index (κ1) is 21.6. The number of nitrogens with zero attached hydrogens (tertiary/aromatic N) is 1. The molecule has 1 amide bonds. The van der Waals surface area contributed by atoms with Crippen LogP contribution in [0.2, 0.25) is 0 Å². The van der Waals surface area contributed by atoms with Gasteiger partial charge in [0.2, 0.25) is 0 Å². The molecule has 0 spiro atoms. The maximum absolute atomic E-state index is 13.4. The first-order chi connectivity index (χ1) is 14.6. The zero-order chi connectivity index (χ0) is 21.3. The van der Waals surface area contributed by atoms with Crippen molar-refractivity contribution in [1.29, 1.82) is 0 Å². The minimum Gasteiger partial charge on any atom is -0.497 e. The Kier molecular flexibility index (Phi) is 7.68. The Bertz CT molecular complexity index is 830. The van der Waals surface area contributed by atoms with E-state index in [9.17, 15) is 9.59 Å². The zero-order valence-electron chi connectivity index (χ0n) is 17.4. The predicted molar refractivity (Wildman–Crippen MR) is 113 cm³/mol. The van der Waals surface area contributed by atoms with Gasteiger partial charge in [-0.15, -0.1) is 0 Å². The highest BCUT2D eigenvalue weighted by Crippen LogP contribution is 2.22. The van der Waals surface area contributed by atoms with Gasteiger partial charge in [0.25, 0.3) is 5.91 Å². The van der Waals surface area contributed by atoms with E-state index in [1.54, 1.807) is 31.4 Å². The molecule has 0 unspecified atom stereocenters. The van der Waals surface area contributed by atoms with Gasteiger partial charge < -0.3 is 24.4 Å². The molecule has 2 aromatic rings. The largest absolute Gasteiger partial charge is 0.497 e. The van der Waals surface area contributed by atoms with E-state index >= 15 is 0 Å². The third kappa shape index (κ3) is 5.73. The fourth-order valence-corrected chi connectivity index (χ4v) is 3.47. The number of esters is 1. The van der Waals surface area contributed by atoms with Gasteiger partial charge in [-0.25, -0.2) is 4.79 Å². The second kappa shape index (κ2) is 10.6. The second-order valence-corrected chi connectivity index (χ2v) is 7.15. The molecule has 7 heteroatoms. The molecule has 1 aliphatic heterocycles. The molecule has 0 aromatic heterocycles. The number of hydrogen-bond acceptors (Lipinski definition) is 6. The molecule has 7 nitrogen and oxygen atoms in total. The van der Waals surface area contributed by atoms with Crippen molar-refractivity contribution in [3.63, 3.8) is 0 Å². The van der Waals surface area contributed by atoms with E-state index in [0.29, 0.717) is 17.9 Å². The Morgan fingerprint density at radius 3 is 2.20 bits per heavy atom. The fraction of sp³-hybridized carbons (Fsp3) is 0.391. The molecule has 1 saturated heterocycles. The van der Waals surface area contributed by atoms with Gasteiger partial charge in [0, 0.05) is 18.2 Å². The van der Waals surface area contributed by atoms with Crippen LogP contribution in [0.1, 0.15) is 28.8 Å². The number of nitrogens with one attached hydrogen (secondary N) is 1. The molecule has 0 aliphatic carbocycles. The van der Waals surface area contributed by atoms with Gasteiger partial charge in [-0.1, -0.05) is 12.1 Å². The number of methoxy groups -OCH3 is 2. The number of carbonyl (C=O) groups is 2.